The van der Waals surface area contributed by atoms with Gasteiger partial charge in [0.1, 0.15) is 0 Å². The van der Waals surface area contributed by atoms with Gasteiger partial charge in [0.15, 0.2) is 0 Å². The van der Waals surface area contributed by atoms with E-state index in [9.17, 15) is 4.79 Å². The van der Waals surface area contributed by atoms with Crippen LogP contribution in [0.2, 0.25) is 0 Å². The fourth-order valence-electron chi connectivity index (χ4n) is 3.34. The smallest absolute Gasteiger partial charge is 0.249 e. The molecule has 2 N–H and O–H groups in total. The number of rotatable bonds is 3. The molecule has 23 heavy (non-hydrogen) atoms. The lowest BCUT2D eigenvalue weighted by atomic mass is 9.76. The molecule has 0 aromatic heterocycles. The SMILES string of the molecule is CC1(C)CC=C(c2cc(C3=CCOCC3)ccc2C(N)=O)CC1. The van der Waals surface area contributed by atoms with Crippen LogP contribution >= 0.6 is 0 Å². The van der Waals surface area contributed by atoms with Gasteiger partial charge in [0.05, 0.1) is 13.2 Å². The highest BCUT2D eigenvalue weighted by molar-refractivity contribution is 5.98. The number of nitrogens with two attached hydrogens (primary N) is 1. The Hall–Kier alpha value is -1.87. The van der Waals surface area contributed by atoms with Gasteiger partial charge in [-0.25, -0.2) is 0 Å². The van der Waals surface area contributed by atoms with Crippen molar-refractivity contribution in [3.05, 3.63) is 47.0 Å². The van der Waals surface area contributed by atoms with E-state index >= 15 is 0 Å². The second kappa shape index (κ2) is 6.32. The van der Waals surface area contributed by atoms with Crippen LogP contribution in [-0.2, 0) is 4.74 Å². The molecule has 2 aliphatic rings. The van der Waals surface area contributed by atoms with Crippen molar-refractivity contribution in [3.8, 4) is 0 Å². The van der Waals surface area contributed by atoms with Gasteiger partial charge in [0.25, 0.3) is 0 Å². The molecule has 0 unspecified atom stereocenters. The summed E-state index contributed by atoms with van der Waals surface area (Å²) in [5, 5.41) is 0. The monoisotopic (exact) mass is 311 g/mol. The molecule has 0 fully saturated rings. The lowest BCUT2D eigenvalue weighted by Gasteiger charge is -2.29. The summed E-state index contributed by atoms with van der Waals surface area (Å²) < 4.78 is 5.39. The maximum absolute atomic E-state index is 11.8. The fourth-order valence-corrected chi connectivity index (χ4v) is 3.34. The third kappa shape index (κ3) is 3.56. The normalized spacial score (nSPS) is 20.6. The number of hydrogen-bond donors (Lipinski definition) is 1. The van der Waals surface area contributed by atoms with E-state index < -0.39 is 0 Å². The van der Waals surface area contributed by atoms with Gasteiger partial charge in [-0.05, 0) is 65.5 Å². The van der Waals surface area contributed by atoms with Gasteiger partial charge in [0, 0.05) is 5.56 Å². The number of ether oxygens (including phenoxy) is 1. The Balaban J connectivity index is 2.01. The number of benzene rings is 1. The summed E-state index contributed by atoms with van der Waals surface area (Å²) in [5.74, 6) is -0.349. The van der Waals surface area contributed by atoms with Gasteiger partial charge in [-0.1, -0.05) is 32.1 Å². The number of hydrogen-bond acceptors (Lipinski definition) is 2. The molecule has 1 aromatic carbocycles. The largest absolute Gasteiger partial charge is 0.377 e. The van der Waals surface area contributed by atoms with E-state index in [1.54, 1.807) is 0 Å². The summed E-state index contributed by atoms with van der Waals surface area (Å²) >= 11 is 0. The molecule has 1 heterocycles. The minimum Gasteiger partial charge on any atom is -0.377 e. The molecule has 0 spiro atoms. The number of primary amides is 1. The van der Waals surface area contributed by atoms with Crippen LogP contribution in [0, 0.1) is 5.41 Å². The molecule has 3 nitrogen and oxygen atoms in total. The summed E-state index contributed by atoms with van der Waals surface area (Å²) in [5.41, 5.74) is 11.3. The predicted molar refractivity (Wildman–Crippen MR) is 94.0 cm³/mol. The van der Waals surface area contributed by atoms with Crippen LogP contribution in [0.25, 0.3) is 11.1 Å². The second-order valence-electron chi connectivity index (χ2n) is 7.28. The van der Waals surface area contributed by atoms with E-state index in [0.717, 1.165) is 37.9 Å². The average molecular weight is 311 g/mol. The van der Waals surface area contributed by atoms with Crippen LogP contribution < -0.4 is 5.73 Å². The van der Waals surface area contributed by atoms with Gasteiger partial charge in [0.2, 0.25) is 5.91 Å². The number of carbonyl (C=O) groups excluding carboxylic acids is 1. The molecular weight excluding hydrogens is 286 g/mol. The summed E-state index contributed by atoms with van der Waals surface area (Å²) in [6, 6.07) is 6.03. The van der Waals surface area contributed by atoms with Crippen LogP contribution in [0.5, 0.6) is 0 Å². The van der Waals surface area contributed by atoms with Gasteiger partial charge in [-0.15, -0.1) is 0 Å². The van der Waals surface area contributed by atoms with Crippen molar-refractivity contribution in [2.45, 2.75) is 39.5 Å². The summed E-state index contributed by atoms with van der Waals surface area (Å²) in [7, 11) is 0. The Morgan fingerprint density at radius 2 is 2.00 bits per heavy atom. The third-order valence-corrected chi connectivity index (χ3v) is 4.94. The highest BCUT2D eigenvalue weighted by Gasteiger charge is 2.24. The zero-order chi connectivity index (χ0) is 16.4. The van der Waals surface area contributed by atoms with Crippen molar-refractivity contribution in [1.82, 2.24) is 0 Å². The van der Waals surface area contributed by atoms with Crippen LogP contribution in [0.3, 0.4) is 0 Å². The molecule has 0 atom stereocenters. The van der Waals surface area contributed by atoms with Gasteiger partial charge in [-0.3, -0.25) is 4.79 Å². The Kier molecular flexibility index (Phi) is 4.40. The number of carbonyl (C=O) groups is 1. The molecule has 1 amide bonds. The molecule has 3 rings (SSSR count). The summed E-state index contributed by atoms with van der Waals surface area (Å²) in [6.07, 6.45) is 8.51. The van der Waals surface area contributed by atoms with Crippen molar-refractivity contribution in [2.75, 3.05) is 13.2 Å². The van der Waals surface area contributed by atoms with Crippen molar-refractivity contribution in [2.24, 2.45) is 11.1 Å². The fraction of sp³-hybridized carbons (Fsp3) is 0.450. The second-order valence-corrected chi connectivity index (χ2v) is 7.28. The van der Waals surface area contributed by atoms with Crippen LogP contribution in [0.1, 0.15) is 61.0 Å². The molecule has 122 valence electrons. The molecule has 0 saturated heterocycles. The lowest BCUT2D eigenvalue weighted by Crippen LogP contribution is -2.17. The highest BCUT2D eigenvalue weighted by atomic mass is 16.5. The average Bonchev–Trinajstić information content (AvgIpc) is 2.55. The maximum Gasteiger partial charge on any atom is 0.249 e. The molecule has 0 bridgehead atoms. The zero-order valence-corrected chi connectivity index (χ0v) is 14.0. The van der Waals surface area contributed by atoms with E-state index in [1.165, 1.54) is 16.7 Å². The van der Waals surface area contributed by atoms with E-state index in [1.807, 2.05) is 12.1 Å². The first-order valence-electron chi connectivity index (χ1n) is 8.37. The molecule has 1 aromatic rings. The quantitative estimate of drug-likeness (QED) is 0.910. The predicted octanol–water partition coefficient (Wildman–Crippen LogP) is 4.18. The molecule has 1 aliphatic carbocycles. The Bertz CT molecular complexity index is 683. The Morgan fingerprint density at radius 1 is 1.17 bits per heavy atom. The Morgan fingerprint density at radius 3 is 2.61 bits per heavy atom. The topological polar surface area (TPSA) is 52.3 Å². The maximum atomic E-state index is 11.8. The van der Waals surface area contributed by atoms with Gasteiger partial charge in [-0.2, -0.15) is 0 Å². The van der Waals surface area contributed by atoms with Crippen LogP contribution in [0.15, 0.2) is 30.4 Å². The van der Waals surface area contributed by atoms with Gasteiger partial charge >= 0.3 is 0 Å². The lowest BCUT2D eigenvalue weighted by molar-refractivity contribution is 0.1000. The van der Waals surface area contributed by atoms with Crippen molar-refractivity contribution in [1.29, 1.82) is 0 Å². The third-order valence-electron chi connectivity index (χ3n) is 4.94. The first kappa shape index (κ1) is 16.0. The van der Waals surface area contributed by atoms with E-state index in [4.69, 9.17) is 10.5 Å². The summed E-state index contributed by atoms with van der Waals surface area (Å²) in [4.78, 5) is 11.8. The molecule has 1 aliphatic heterocycles. The molecule has 3 heteroatoms. The van der Waals surface area contributed by atoms with E-state index in [-0.39, 0.29) is 5.91 Å². The van der Waals surface area contributed by atoms with Crippen molar-refractivity contribution < 1.29 is 9.53 Å². The molecular formula is C20H25NO2. The van der Waals surface area contributed by atoms with Crippen LogP contribution in [-0.4, -0.2) is 19.1 Å². The van der Waals surface area contributed by atoms with Crippen molar-refractivity contribution in [3.63, 3.8) is 0 Å². The minimum absolute atomic E-state index is 0.344. The summed E-state index contributed by atoms with van der Waals surface area (Å²) in [6.45, 7) is 6.01. The first-order valence-corrected chi connectivity index (χ1v) is 8.37. The highest BCUT2D eigenvalue weighted by Crippen LogP contribution is 2.39. The first-order chi connectivity index (χ1) is 11.0. The Labute approximate surface area is 138 Å². The van der Waals surface area contributed by atoms with E-state index in [0.29, 0.717) is 17.6 Å². The zero-order valence-electron chi connectivity index (χ0n) is 14.0. The van der Waals surface area contributed by atoms with E-state index in [2.05, 4.69) is 32.1 Å². The minimum atomic E-state index is -0.349. The number of allylic oxidation sites excluding steroid dienone is 2. The molecule has 0 saturated carbocycles. The van der Waals surface area contributed by atoms with Crippen LogP contribution in [0.4, 0.5) is 0 Å². The van der Waals surface area contributed by atoms with Crippen molar-refractivity contribution >= 4 is 17.1 Å². The molecule has 0 radical (unpaired) electrons. The van der Waals surface area contributed by atoms with Gasteiger partial charge < -0.3 is 10.5 Å². The number of amides is 1. The standard InChI is InChI=1S/C20H25NO2/c1-20(2)9-5-15(6-10-20)18-13-16(3-4-17(18)19(21)22)14-7-11-23-12-8-14/h3-5,7,13H,6,8-12H2,1-2H3,(H2,21,22).